The highest BCUT2D eigenvalue weighted by atomic mass is 16.7. The van der Waals surface area contributed by atoms with Gasteiger partial charge in [-0.05, 0) is 5.56 Å². The lowest BCUT2D eigenvalue weighted by Crippen LogP contribution is -2.40. The number of anilines is 1. The van der Waals surface area contributed by atoms with Gasteiger partial charge in [0.05, 0.1) is 19.5 Å². The quantitative estimate of drug-likeness (QED) is 0.467. The fourth-order valence-corrected chi connectivity index (χ4v) is 2.90. The molecule has 1 fully saturated rings. The summed E-state index contributed by atoms with van der Waals surface area (Å²) in [6, 6.07) is 9.41. The maximum Gasteiger partial charge on any atom is 0.321 e. The van der Waals surface area contributed by atoms with Crippen LogP contribution < -0.4 is 10.5 Å². The Morgan fingerprint density at radius 3 is 2.81 bits per heavy atom. The lowest BCUT2D eigenvalue weighted by atomic mass is 10.1. The normalized spacial score (nSPS) is 25.1. The van der Waals surface area contributed by atoms with E-state index in [1.165, 1.54) is 6.33 Å². The molecule has 2 aromatic heterocycles. The Hall–Kier alpha value is -2.79. The number of aromatic amines is 1. The molecule has 0 radical (unpaired) electrons. The third-order valence-electron chi connectivity index (χ3n) is 4.26. The molecular weight excluding hydrogens is 354 g/mol. The summed E-state index contributed by atoms with van der Waals surface area (Å²) >= 11 is 0. The van der Waals surface area contributed by atoms with Crippen LogP contribution in [0.4, 0.5) is 5.82 Å². The van der Waals surface area contributed by atoms with Gasteiger partial charge in [0.2, 0.25) is 0 Å². The van der Waals surface area contributed by atoms with Crippen molar-refractivity contribution in [1.82, 2.24) is 19.9 Å². The molecule has 0 unspecified atom stereocenters. The van der Waals surface area contributed by atoms with Crippen LogP contribution in [0.15, 0.2) is 36.7 Å². The number of fused-ring (bicyclic) bond motifs is 1. The molecule has 1 aliphatic rings. The highest BCUT2D eigenvalue weighted by Crippen LogP contribution is 2.27. The monoisotopic (exact) mass is 373 g/mol. The van der Waals surface area contributed by atoms with Crippen LogP contribution in [0.1, 0.15) is 5.56 Å². The third kappa shape index (κ3) is 3.55. The number of nitrogens with zero attached hydrogens (tertiary/aromatic N) is 3. The summed E-state index contributed by atoms with van der Waals surface area (Å²) in [6.45, 7) is -0.122. The second kappa shape index (κ2) is 7.45. The summed E-state index contributed by atoms with van der Waals surface area (Å²) in [5.74, 6) is 0.165. The Kier molecular flexibility index (Phi) is 4.86. The summed E-state index contributed by atoms with van der Waals surface area (Å²) in [5.41, 5.74) is 7.61. The molecule has 0 aliphatic carbocycles. The number of aliphatic hydroxyl groups is 2. The molecule has 1 aromatic carbocycles. The number of hydrogen-bond donors (Lipinski definition) is 4. The molecule has 0 spiro atoms. The maximum atomic E-state index is 10.5. The standard InChI is InChI=1S/C17H19N5O5/c18-14-11-15(20-8-19-11)22-17(21-14)27-13-10(6-23)26-16(12(13)24)25-7-9-4-2-1-3-5-9/h1-5,8,10,12-13,16,23-24H,6-7H2,(H3,18,19,20,21,22)/t10-,12-,13-,16-/m1/s1. The van der Waals surface area contributed by atoms with Crippen LogP contribution in [0.2, 0.25) is 0 Å². The first-order valence-corrected chi connectivity index (χ1v) is 8.39. The van der Waals surface area contributed by atoms with Crippen LogP contribution in [-0.4, -0.2) is 61.4 Å². The molecule has 0 amide bonds. The van der Waals surface area contributed by atoms with Crippen LogP contribution in [0.5, 0.6) is 6.01 Å². The van der Waals surface area contributed by atoms with Gasteiger partial charge < -0.3 is 35.1 Å². The third-order valence-corrected chi connectivity index (χ3v) is 4.26. The molecule has 3 heterocycles. The highest BCUT2D eigenvalue weighted by molar-refractivity contribution is 5.81. The Morgan fingerprint density at radius 1 is 1.22 bits per heavy atom. The second-order valence-electron chi connectivity index (χ2n) is 6.09. The number of aliphatic hydroxyl groups excluding tert-OH is 2. The van der Waals surface area contributed by atoms with Crippen LogP contribution in [-0.2, 0) is 16.1 Å². The number of ether oxygens (including phenoxy) is 3. The van der Waals surface area contributed by atoms with Gasteiger partial charge in [-0.1, -0.05) is 30.3 Å². The van der Waals surface area contributed by atoms with Gasteiger partial charge in [-0.3, -0.25) is 0 Å². The van der Waals surface area contributed by atoms with Gasteiger partial charge in [0.1, 0.15) is 17.7 Å². The summed E-state index contributed by atoms with van der Waals surface area (Å²) in [5, 5.41) is 20.1. The van der Waals surface area contributed by atoms with E-state index in [4.69, 9.17) is 19.9 Å². The first kappa shape index (κ1) is 17.6. The van der Waals surface area contributed by atoms with Crippen LogP contribution in [0, 0.1) is 0 Å². The topological polar surface area (TPSA) is 149 Å². The van der Waals surface area contributed by atoms with Gasteiger partial charge >= 0.3 is 6.01 Å². The average Bonchev–Trinajstić information content (AvgIpc) is 3.27. The van der Waals surface area contributed by atoms with Crippen molar-refractivity contribution in [3.8, 4) is 6.01 Å². The molecule has 10 nitrogen and oxygen atoms in total. The fraction of sp³-hybridized carbons (Fsp3) is 0.353. The van der Waals surface area contributed by atoms with E-state index in [0.29, 0.717) is 11.2 Å². The van der Waals surface area contributed by atoms with E-state index in [1.807, 2.05) is 30.3 Å². The zero-order valence-corrected chi connectivity index (χ0v) is 14.2. The van der Waals surface area contributed by atoms with Crippen LogP contribution in [0.25, 0.3) is 11.2 Å². The molecule has 142 valence electrons. The van der Waals surface area contributed by atoms with Gasteiger partial charge in [-0.25, -0.2) is 4.98 Å². The Bertz CT molecular complexity index is 905. The molecule has 1 aliphatic heterocycles. The zero-order valence-electron chi connectivity index (χ0n) is 14.2. The SMILES string of the molecule is Nc1nc(O[C@H]2[C@@H](O)[C@H](OCc3ccccc3)O[C@@H]2CO)nc2nc[nH]c12. The summed E-state index contributed by atoms with van der Waals surface area (Å²) in [6.07, 6.45) is -2.40. The molecule has 0 saturated carbocycles. The number of aromatic nitrogens is 4. The Balaban J connectivity index is 1.47. The van der Waals surface area contributed by atoms with Crippen LogP contribution >= 0.6 is 0 Å². The predicted molar refractivity (Wildman–Crippen MR) is 93.5 cm³/mol. The lowest BCUT2D eigenvalue weighted by molar-refractivity contribution is -0.175. The van der Waals surface area contributed by atoms with Gasteiger partial charge in [0, 0.05) is 0 Å². The van der Waals surface area contributed by atoms with Crippen molar-refractivity contribution in [2.75, 3.05) is 12.3 Å². The number of nitrogen functional groups attached to an aromatic ring is 1. The van der Waals surface area contributed by atoms with Gasteiger partial charge in [0.25, 0.3) is 0 Å². The summed E-state index contributed by atoms with van der Waals surface area (Å²) in [7, 11) is 0. The molecule has 10 heteroatoms. The molecule has 4 atom stereocenters. The number of hydrogen-bond acceptors (Lipinski definition) is 9. The average molecular weight is 373 g/mol. The van der Waals surface area contributed by atoms with Gasteiger partial charge in [-0.15, -0.1) is 0 Å². The highest BCUT2D eigenvalue weighted by Gasteiger charge is 2.46. The van der Waals surface area contributed by atoms with E-state index in [9.17, 15) is 10.2 Å². The zero-order chi connectivity index (χ0) is 18.8. The van der Waals surface area contributed by atoms with Crippen molar-refractivity contribution < 1.29 is 24.4 Å². The largest absolute Gasteiger partial charge is 0.454 e. The smallest absolute Gasteiger partial charge is 0.321 e. The second-order valence-corrected chi connectivity index (χ2v) is 6.09. The molecule has 3 aromatic rings. The van der Waals surface area contributed by atoms with E-state index in [-0.39, 0.29) is 25.0 Å². The lowest BCUT2D eigenvalue weighted by Gasteiger charge is -2.19. The number of imidazole rings is 1. The molecule has 4 rings (SSSR count). The molecule has 1 saturated heterocycles. The van der Waals surface area contributed by atoms with E-state index < -0.39 is 24.6 Å². The first-order valence-electron chi connectivity index (χ1n) is 8.39. The Morgan fingerprint density at radius 2 is 2.04 bits per heavy atom. The van der Waals surface area contributed by atoms with Gasteiger partial charge in [-0.2, -0.15) is 9.97 Å². The number of benzene rings is 1. The summed E-state index contributed by atoms with van der Waals surface area (Å²) in [4.78, 5) is 15.0. The van der Waals surface area contributed by atoms with Crippen molar-refractivity contribution in [2.45, 2.75) is 31.2 Å². The number of H-pyrrole nitrogens is 1. The van der Waals surface area contributed by atoms with E-state index in [1.54, 1.807) is 0 Å². The number of nitrogens with one attached hydrogen (secondary N) is 1. The predicted octanol–water partition coefficient (Wildman–Crippen LogP) is -0.0226. The van der Waals surface area contributed by atoms with Crippen molar-refractivity contribution in [3.05, 3.63) is 42.2 Å². The van der Waals surface area contributed by atoms with E-state index in [2.05, 4.69) is 19.9 Å². The molecule has 27 heavy (non-hydrogen) atoms. The minimum Gasteiger partial charge on any atom is -0.454 e. The van der Waals surface area contributed by atoms with Gasteiger partial charge in [0.15, 0.2) is 23.9 Å². The molecule has 0 bridgehead atoms. The minimum atomic E-state index is -1.15. The fourth-order valence-electron chi connectivity index (χ4n) is 2.90. The van der Waals surface area contributed by atoms with E-state index in [0.717, 1.165) is 5.56 Å². The minimum absolute atomic E-state index is 0.0677. The number of nitrogens with two attached hydrogens (primary N) is 1. The molecule has 5 N–H and O–H groups in total. The first-order chi connectivity index (χ1) is 13.2. The van der Waals surface area contributed by atoms with Crippen molar-refractivity contribution in [3.63, 3.8) is 0 Å². The molecular formula is C17H19N5O5. The van der Waals surface area contributed by atoms with Crippen molar-refractivity contribution in [2.24, 2.45) is 0 Å². The number of rotatable bonds is 6. The summed E-state index contributed by atoms with van der Waals surface area (Å²) < 4.78 is 16.9. The Labute approximate surface area is 153 Å². The van der Waals surface area contributed by atoms with Crippen molar-refractivity contribution in [1.29, 1.82) is 0 Å². The van der Waals surface area contributed by atoms with Crippen molar-refractivity contribution >= 4 is 17.0 Å². The maximum absolute atomic E-state index is 10.5. The van der Waals surface area contributed by atoms with E-state index >= 15 is 0 Å². The van der Waals surface area contributed by atoms with Crippen LogP contribution in [0.3, 0.4) is 0 Å².